The molecule has 0 aliphatic heterocycles. The van der Waals surface area contributed by atoms with Crippen LogP contribution < -0.4 is 9.47 Å². The van der Waals surface area contributed by atoms with Gasteiger partial charge in [0.25, 0.3) is 0 Å². The van der Waals surface area contributed by atoms with Gasteiger partial charge in [-0.3, -0.25) is 0 Å². The monoisotopic (exact) mass is 342 g/mol. The Kier molecular flexibility index (Phi) is 7.01. The number of rotatable bonds is 8. The highest BCUT2D eigenvalue weighted by Crippen LogP contribution is 2.18. The van der Waals surface area contributed by atoms with Gasteiger partial charge < -0.3 is 14.2 Å². The van der Waals surface area contributed by atoms with Crippen molar-refractivity contribution in [3.8, 4) is 11.5 Å². The van der Waals surface area contributed by atoms with Crippen LogP contribution in [0.15, 0.2) is 48.5 Å². The van der Waals surface area contributed by atoms with Crippen LogP contribution in [-0.2, 0) is 4.74 Å². The van der Waals surface area contributed by atoms with Gasteiger partial charge in [0.1, 0.15) is 11.5 Å². The Morgan fingerprint density at radius 3 is 2.20 bits per heavy atom. The molecule has 5 heteroatoms. The van der Waals surface area contributed by atoms with Crippen LogP contribution in [-0.4, -0.2) is 25.2 Å². The molecule has 0 aliphatic rings. The third-order valence-electron chi connectivity index (χ3n) is 3.28. The lowest BCUT2D eigenvalue weighted by molar-refractivity contribution is 0.0503. The van der Waals surface area contributed by atoms with Crippen molar-refractivity contribution in [2.45, 2.75) is 26.7 Å². The number of ether oxygens (including phenoxy) is 3. The van der Waals surface area contributed by atoms with E-state index in [-0.39, 0.29) is 0 Å². The summed E-state index contributed by atoms with van der Waals surface area (Å²) in [5, 5.41) is 0. The molecule has 0 amide bonds. The van der Waals surface area contributed by atoms with Crippen LogP contribution in [0.2, 0.25) is 0 Å². The molecule has 0 saturated carbocycles. The summed E-state index contributed by atoms with van der Waals surface area (Å²) in [6, 6.07) is 13.1. The molecule has 2 aromatic rings. The van der Waals surface area contributed by atoms with Gasteiger partial charge in [0.05, 0.1) is 24.3 Å². The molecule has 5 nitrogen and oxygen atoms in total. The zero-order valence-electron chi connectivity index (χ0n) is 14.5. The summed E-state index contributed by atoms with van der Waals surface area (Å²) >= 11 is 0. The molecule has 2 rings (SSSR count). The van der Waals surface area contributed by atoms with Gasteiger partial charge in [-0.2, -0.15) is 0 Å². The first-order valence-electron chi connectivity index (χ1n) is 8.36. The van der Waals surface area contributed by atoms with E-state index in [0.717, 1.165) is 12.8 Å². The lowest BCUT2D eigenvalue weighted by atomic mass is 10.2. The predicted molar refractivity (Wildman–Crippen MR) is 94.2 cm³/mol. The van der Waals surface area contributed by atoms with Crippen molar-refractivity contribution in [2.24, 2.45) is 0 Å². The smallest absolute Gasteiger partial charge is 0.343 e. The second-order valence-corrected chi connectivity index (χ2v) is 5.43. The maximum atomic E-state index is 12.2. The van der Waals surface area contributed by atoms with Crippen molar-refractivity contribution in [2.75, 3.05) is 13.2 Å². The Labute approximate surface area is 147 Å². The number of benzene rings is 2. The maximum Gasteiger partial charge on any atom is 0.343 e. The molecule has 0 unspecified atom stereocenters. The average Bonchev–Trinajstić information content (AvgIpc) is 2.65. The van der Waals surface area contributed by atoms with E-state index in [1.165, 1.54) is 6.07 Å². The standard InChI is InChI=1S/C20H22O5/c1-3-12-23-17-10-8-15(9-11-17)20(22)25-18-7-5-6-16(14-18)19(21)24-13-4-2/h5-11,14H,3-4,12-13H2,1-2H3. The van der Waals surface area contributed by atoms with Gasteiger partial charge >= 0.3 is 11.9 Å². The highest BCUT2D eigenvalue weighted by Gasteiger charge is 2.12. The van der Waals surface area contributed by atoms with Crippen LogP contribution in [0.3, 0.4) is 0 Å². The van der Waals surface area contributed by atoms with Gasteiger partial charge in [0.15, 0.2) is 0 Å². The highest BCUT2D eigenvalue weighted by molar-refractivity contribution is 5.92. The highest BCUT2D eigenvalue weighted by atomic mass is 16.5. The molecule has 0 aliphatic carbocycles. The Morgan fingerprint density at radius 1 is 0.800 bits per heavy atom. The fourth-order valence-corrected chi connectivity index (χ4v) is 2.04. The van der Waals surface area contributed by atoms with Crippen LogP contribution in [0.4, 0.5) is 0 Å². The minimum absolute atomic E-state index is 0.294. The normalized spacial score (nSPS) is 10.2. The van der Waals surface area contributed by atoms with Crippen LogP contribution in [0.25, 0.3) is 0 Å². The molecule has 0 radical (unpaired) electrons. The molecular weight excluding hydrogens is 320 g/mol. The first kappa shape index (κ1) is 18.5. The Hall–Kier alpha value is -2.82. The number of hydrogen-bond acceptors (Lipinski definition) is 5. The topological polar surface area (TPSA) is 61.8 Å². The lowest BCUT2D eigenvalue weighted by Crippen LogP contribution is -2.10. The zero-order valence-corrected chi connectivity index (χ0v) is 14.5. The number of carbonyl (C=O) groups is 2. The summed E-state index contributed by atoms with van der Waals surface area (Å²) in [7, 11) is 0. The van der Waals surface area contributed by atoms with E-state index in [1.54, 1.807) is 42.5 Å². The summed E-state index contributed by atoms with van der Waals surface area (Å²) in [4.78, 5) is 24.1. The fourth-order valence-electron chi connectivity index (χ4n) is 2.04. The van der Waals surface area contributed by atoms with E-state index in [0.29, 0.717) is 35.8 Å². The summed E-state index contributed by atoms with van der Waals surface area (Å²) in [5.74, 6) is 0.0691. The van der Waals surface area contributed by atoms with Crippen molar-refractivity contribution in [3.63, 3.8) is 0 Å². The molecule has 0 saturated heterocycles. The van der Waals surface area contributed by atoms with Crippen molar-refractivity contribution >= 4 is 11.9 Å². The van der Waals surface area contributed by atoms with Gasteiger partial charge in [-0.15, -0.1) is 0 Å². The molecule has 0 atom stereocenters. The number of hydrogen-bond donors (Lipinski definition) is 0. The third kappa shape index (κ3) is 5.64. The second-order valence-electron chi connectivity index (χ2n) is 5.43. The van der Waals surface area contributed by atoms with E-state index in [4.69, 9.17) is 14.2 Å². The molecule has 0 N–H and O–H groups in total. The first-order chi connectivity index (χ1) is 12.1. The predicted octanol–water partition coefficient (Wildman–Crippen LogP) is 4.26. The quantitative estimate of drug-likeness (QED) is 0.530. The van der Waals surface area contributed by atoms with E-state index in [9.17, 15) is 9.59 Å². The van der Waals surface area contributed by atoms with Gasteiger partial charge in [0.2, 0.25) is 0 Å². The lowest BCUT2D eigenvalue weighted by Gasteiger charge is -2.08. The van der Waals surface area contributed by atoms with E-state index >= 15 is 0 Å². The first-order valence-corrected chi connectivity index (χ1v) is 8.36. The van der Waals surface area contributed by atoms with Gasteiger partial charge in [-0.25, -0.2) is 9.59 Å². The summed E-state index contributed by atoms with van der Waals surface area (Å²) in [6.07, 6.45) is 1.67. The van der Waals surface area contributed by atoms with Gasteiger partial charge in [0, 0.05) is 0 Å². The maximum absolute atomic E-state index is 12.2. The Bertz CT molecular complexity index is 706. The largest absolute Gasteiger partial charge is 0.494 e. The van der Waals surface area contributed by atoms with Gasteiger partial charge in [-0.1, -0.05) is 19.9 Å². The average molecular weight is 342 g/mol. The fraction of sp³-hybridized carbons (Fsp3) is 0.300. The molecular formula is C20H22O5. The zero-order chi connectivity index (χ0) is 18.1. The van der Waals surface area contributed by atoms with Crippen molar-refractivity contribution in [3.05, 3.63) is 59.7 Å². The SMILES string of the molecule is CCCOC(=O)c1cccc(OC(=O)c2ccc(OCCC)cc2)c1. The summed E-state index contributed by atoms with van der Waals surface area (Å²) in [6.45, 7) is 4.93. The molecule has 0 bridgehead atoms. The number of esters is 2. The summed E-state index contributed by atoms with van der Waals surface area (Å²) < 4.78 is 15.9. The summed E-state index contributed by atoms with van der Waals surface area (Å²) in [5.41, 5.74) is 0.755. The van der Waals surface area contributed by atoms with E-state index in [2.05, 4.69) is 0 Å². The van der Waals surface area contributed by atoms with Crippen molar-refractivity contribution in [1.82, 2.24) is 0 Å². The van der Waals surface area contributed by atoms with Gasteiger partial charge in [-0.05, 0) is 55.3 Å². The molecule has 25 heavy (non-hydrogen) atoms. The Morgan fingerprint density at radius 2 is 1.52 bits per heavy atom. The molecule has 0 fully saturated rings. The minimum Gasteiger partial charge on any atom is -0.494 e. The molecule has 132 valence electrons. The van der Waals surface area contributed by atoms with Crippen LogP contribution in [0.5, 0.6) is 11.5 Å². The van der Waals surface area contributed by atoms with Crippen molar-refractivity contribution < 1.29 is 23.8 Å². The Balaban J connectivity index is 2.01. The van der Waals surface area contributed by atoms with E-state index < -0.39 is 11.9 Å². The molecule has 0 aromatic heterocycles. The van der Waals surface area contributed by atoms with Crippen LogP contribution in [0, 0.1) is 0 Å². The third-order valence-corrected chi connectivity index (χ3v) is 3.28. The van der Waals surface area contributed by atoms with Crippen LogP contribution in [0.1, 0.15) is 47.4 Å². The number of carbonyl (C=O) groups excluding carboxylic acids is 2. The second kappa shape index (κ2) is 9.47. The van der Waals surface area contributed by atoms with E-state index in [1.807, 2.05) is 13.8 Å². The molecule has 0 heterocycles. The minimum atomic E-state index is -0.499. The molecule has 0 spiro atoms. The molecule has 2 aromatic carbocycles. The van der Waals surface area contributed by atoms with Crippen LogP contribution >= 0.6 is 0 Å². The van der Waals surface area contributed by atoms with Crippen molar-refractivity contribution in [1.29, 1.82) is 0 Å².